The third-order valence-corrected chi connectivity index (χ3v) is 0.450. The van der Waals surface area contributed by atoms with Gasteiger partial charge in [-0.3, -0.25) is 0 Å². The van der Waals surface area contributed by atoms with E-state index in [0.717, 1.165) is 6.26 Å². The Kier molecular flexibility index (Phi) is 18.2. The predicted molar refractivity (Wildman–Crippen MR) is 37.5 cm³/mol. The van der Waals surface area contributed by atoms with Crippen molar-refractivity contribution < 1.29 is 13.9 Å². The molecule has 0 aromatic rings. The van der Waals surface area contributed by atoms with Gasteiger partial charge in [0.2, 0.25) is 0 Å². The Morgan fingerprint density at radius 3 is 2.20 bits per heavy atom. The molecular weight excluding hydrogens is 138 g/mol. The smallest absolute Gasteiger partial charge is 0.132 e. The fourth-order valence-electron chi connectivity index (χ4n) is 0.188. The second kappa shape index (κ2) is 15.7. The van der Waals surface area contributed by atoms with Gasteiger partial charge in [-0.15, -0.1) is 6.58 Å². The molecular formula is C7H10F2O. The lowest BCUT2D eigenvalue weighted by molar-refractivity contribution is -0.0620. The molecule has 0 aromatic heterocycles. The van der Waals surface area contributed by atoms with Crippen LogP contribution in [0.4, 0.5) is 8.92 Å². The third kappa shape index (κ3) is 28.7. The van der Waals surface area contributed by atoms with Crippen LogP contribution in [0.2, 0.25) is 0 Å². The summed E-state index contributed by atoms with van der Waals surface area (Å²) in [6.07, 6.45) is 5.04. The van der Waals surface area contributed by atoms with Gasteiger partial charge in [-0.25, -0.2) is 4.39 Å². The zero-order valence-electron chi connectivity index (χ0n) is 5.59. The molecule has 0 saturated carbocycles. The standard InChI is InChI=1S/C5H7FO.C2H3F/c1-2-3-4-5-7-6;1-2-3/h2,4-5H,1,3H2;2H,1H2. The highest BCUT2D eigenvalue weighted by Crippen LogP contribution is 1.83. The molecule has 0 radical (unpaired) electrons. The summed E-state index contributed by atoms with van der Waals surface area (Å²) < 4.78 is 20.8. The Bertz CT molecular complexity index is 99.8. The maximum Gasteiger partial charge on any atom is 0.132 e. The van der Waals surface area contributed by atoms with Crippen molar-refractivity contribution in [2.24, 2.45) is 0 Å². The second-order valence-corrected chi connectivity index (χ2v) is 1.14. The van der Waals surface area contributed by atoms with Crippen LogP contribution in [-0.4, -0.2) is 0 Å². The lowest BCUT2D eigenvalue weighted by Crippen LogP contribution is -1.56. The van der Waals surface area contributed by atoms with Gasteiger partial charge in [-0.1, -0.05) is 12.7 Å². The van der Waals surface area contributed by atoms with Gasteiger partial charge in [0, 0.05) is 4.53 Å². The Morgan fingerprint density at radius 2 is 1.90 bits per heavy atom. The van der Waals surface area contributed by atoms with Crippen LogP contribution in [0.1, 0.15) is 6.42 Å². The first-order chi connectivity index (χ1) is 4.83. The molecule has 58 valence electrons. The summed E-state index contributed by atoms with van der Waals surface area (Å²) in [6.45, 7) is 6.10. The molecule has 0 N–H and O–H groups in total. The van der Waals surface area contributed by atoms with Crippen LogP contribution in [0.15, 0.2) is 37.9 Å². The molecule has 0 aliphatic rings. The minimum Gasteiger partial charge on any atom is -0.303 e. The molecule has 1 nitrogen and oxygen atoms in total. The lowest BCUT2D eigenvalue weighted by Gasteiger charge is -1.74. The van der Waals surface area contributed by atoms with Crippen molar-refractivity contribution in [1.82, 2.24) is 0 Å². The van der Waals surface area contributed by atoms with Crippen LogP contribution in [0, 0.1) is 0 Å². The average Bonchev–Trinajstić information content (AvgIpc) is 1.91. The fourth-order valence-corrected chi connectivity index (χ4v) is 0.188. The van der Waals surface area contributed by atoms with Crippen molar-refractivity contribution in [3.05, 3.63) is 37.9 Å². The number of halogens is 2. The molecule has 0 heterocycles. The molecule has 0 rings (SSSR count). The maximum atomic E-state index is 10.7. The highest BCUT2D eigenvalue weighted by Gasteiger charge is 1.65. The van der Waals surface area contributed by atoms with Gasteiger partial charge >= 0.3 is 0 Å². The first-order valence-electron chi connectivity index (χ1n) is 2.57. The Labute approximate surface area is 59.2 Å². The monoisotopic (exact) mass is 148 g/mol. The van der Waals surface area contributed by atoms with Crippen molar-refractivity contribution in [3.63, 3.8) is 0 Å². The summed E-state index contributed by atoms with van der Waals surface area (Å²) >= 11 is 0. The zero-order valence-corrected chi connectivity index (χ0v) is 5.59. The summed E-state index contributed by atoms with van der Waals surface area (Å²) in [5, 5.41) is 0. The normalized spacial score (nSPS) is 7.80. The summed E-state index contributed by atoms with van der Waals surface area (Å²) in [4.78, 5) is 3.12. The van der Waals surface area contributed by atoms with Gasteiger partial charge in [-0.05, 0) is 12.5 Å². The first kappa shape index (κ1) is 11.6. The second-order valence-electron chi connectivity index (χ2n) is 1.14. The van der Waals surface area contributed by atoms with E-state index < -0.39 is 0 Å². The van der Waals surface area contributed by atoms with Crippen molar-refractivity contribution in [2.45, 2.75) is 6.42 Å². The van der Waals surface area contributed by atoms with Crippen molar-refractivity contribution in [2.75, 3.05) is 0 Å². The molecule has 3 heteroatoms. The molecule has 0 aromatic carbocycles. The van der Waals surface area contributed by atoms with Crippen LogP contribution < -0.4 is 0 Å². The van der Waals surface area contributed by atoms with E-state index in [1.807, 2.05) is 0 Å². The maximum absolute atomic E-state index is 10.7. The average molecular weight is 148 g/mol. The van der Waals surface area contributed by atoms with Crippen LogP contribution in [0.3, 0.4) is 0 Å². The van der Waals surface area contributed by atoms with E-state index in [-0.39, 0.29) is 6.33 Å². The van der Waals surface area contributed by atoms with E-state index >= 15 is 0 Å². The van der Waals surface area contributed by atoms with Gasteiger partial charge in [0.05, 0.1) is 6.33 Å². The molecule has 0 unspecified atom stereocenters. The van der Waals surface area contributed by atoms with Crippen LogP contribution in [0.5, 0.6) is 0 Å². The molecule has 0 aliphatic heterocycles. The van der Waals surface area contributed by atoms with Gasteiger partial charge in [0.15, 0.2) is 0 Å². The van der Waals surface area contributed by atoms with Crippen molar-refractivity contribution in [3.8, 4) is 0 Å². The van der Waals surface area contributed by atoms with Gasteiger partial charge in [0.25, 0.3) is 0 Å². The molecule has 0 bridgehead atoms. The highest BCUT2D eigenvalue weighted by atomic mass is 19.3. The van der Waals surface area contributed by atoms with Gasteiger partial charge in [-0.2, -0.15) is 0 Å². The van der Waals surface area contributed by atoms with Crippen LogP contribution in [0.25, 0.3) is 0 Å². The van der Waals surface area contributed by atoms with Gasteiger partial charge < -0.3 is 4.94 Å². The molecule has 0 fully saturated rings. The quantitative estimate of drug-likeness (QED) is 0.441. The Morgan fingerprint density at radius 1 is 1.40 bits per heavy atom. The minimum atomic E-state index is 0.250. The van der Waals surface area contributed by atoms with E-state index in [9.17, 15) is 8.92 Å². The molecule has 0 amide bonds. The Balaban J connectivity index is 0. The topological polar surface area (TPSA) is 9.23 Å². The van der Waals surface area contributed by atoms with E-state index in [1.165, 1.54) is 6.08 Å². The summed E-state index contributed by atoms with van der Waals surface area (Å²) in [5.41, 5.74) is 0. The summed E-state index contributed by atoms with van der Waals surface area (Å²) in [5.74, 6) is 0. The fraction of sp³-hybridized carbons (Fsp3) is 0.143. The van der Waals surface area contributed by atoms with E-state index in [1.54, 1.807) is 6.08 Å². The molecule has 0 saturated heterocycles. The minimum absolute atomic E-state index is 0.250. The first-order valence-corrected chi connectivity index (χ1v) is 2.57. The number of hydrogen-bond acceptors (Lipinski definition) is 1. The largest absolute Gasteiger partial charge is 0.303 e. The van der Waals surface area contributed by atoms with E-state index in [0.29, 0.717) is 6.42 Å². The third-order valence-electron chi connectivity index (χ3n) is 0.450. The number of rotatable bonds is 3. The summed E-state index contributed by atoms with van der Waals surface area (Å²) in [7, 11) is 0. The number of allylic oxidation sites excluding steroid dienone is 2. The predicted octanol–water partition coefficient (Wildman–Crippen LogP) is 3.08. The van der Waals surface area contributed by atoms with Gasteiger partial charge in [0.1, 0.15) is 6.26 Å². The van der Waals surface area contributed by atoms with E-state index in [4.69, 9.17) is 0 Å². The van der Waals surface area contributed by atoms with E-state index in [2.05, 4.69) is 18.1 Å². The molecule has 0 spiro atoms. The Hall–Kier alpha value is -1.12. The number of hydrogen-bond donors (Lipinski definition) is 0. The van der Waals surface area contributed by atoms with Crippen molar-refractivity contribution >= 4 is 0 Å². The SMILES string of the molecule is C=CCC=COF.C=CF. The van der Waals surface area contributed by atoms with Crippen LogP contribution in [-0.2, 0) is 4.94 Å². The zero-order chi connectivity index (χ0) is 8.24. The van der Waals surface area contributed by atoms with Crippen LogP contribution >= 0.6 is 0 Å². The highest BCUT2D eigenvalue weighted by molar-refractivity contribution is 4.82. The molecule has 10 heavy (non-hydrogen) atoms. The summed E-state index contributed by atoms with van der Waals surface area (Å²) in [6, 6.07) is 0. The lowest BCUT2D eigenvalue weighted by atomic mass is 10.4. The molecule has 0 atom stereocenters. The molecule has 0 aliphatic carbocycles. The van der Waals surface area contributed by atoms with Crippen molar-refractivity contribution in [1.29, 1.82) is 0 Å².